The van der Waals surface area contributed by atoms with Gasteiger partial charge in [-0.3, -0.25) is 4.79 Å². The molecule has 0 aliphatic carbocycles. The molecule has 0 radical (unpaired) electrons. The van der Waals surface area contributed by atoms with Crippen molar-refractivity contribution in [3.63, 3.8) is 0 Å². The number of nitrogens with one attached hydrogen (secondary N) is 1. The molecule has 1 saturated heterocycles. The van der Waals surface area contributed by atoms with Crippen LogP contribution >= 0.6 is 11.8 Å². The van der Waals surface area contributed by atoms with Crippen molar-refractivity contribution >= 4 is 23.8 Å². The number of hydrogen-bond acceptors (Lipinski definition) is 4. The maximum Gasteiger partial charge on any atom is 0.410 e. The molecule has 0 bridgehead atoms. The summed E-state index contributed by atoms with van der Waals surface area (Å²) in [4.78, 5) is 27.8. The Bertz CT molecular complexity index is 644. The van der Waals surface area contributed by atoms with E-state index >= 15 is 0 Å². The van der Waals surface area contributed by atoms with Gasteiger partial charge >= 0.3 is 6.09 Å². The van der Waals surface area contributed by atoms with Crippen LogP contribution in [0.5, 0.6) is 0 Å². The third-order valence-corrected chi connectivity index (χ3v) is 5.72. The summed E-state index contributed by atoms with van der Waals surface area (Å²) in [6.07, 6.45) is 4.50. The molecular weight excluding hydrogens is 360 g/mol. The second-order valence-electron chi connectivity index (χ2n) is 8.17. The number of carbonyl (C=O) groups is 2. The molecule has 2 amide bonds. The van der Waals surface area contributed by atoms with E-state index < -0.39 is 5.60 Å². The molecule has 1 fully saturated rings. The number of amides is 2. The zero-order valence-electron chi connectivity index (χ0n) is 17.1. The minimum absolute atomic E-state index is 0.0412. The number of hydrogen-bond donors (Lipinski definition) is 1. The summed E-state index contributed by atoms with van der Waals surface area (Å²) >= 11 is 1.69. The molecule has 0 aromatic heterocycles. The fraction of sp³-hybridized carbons (Fsp3) is 0.619. The van der Waals surface area contributed by atoms with Crippen LogP contribution in [0.4, 0.5) is 4.79 Å². The van der Waals surface area contributed by atoms with Crippen LogP contribution in [0.1, 0.15) is 52.5 Å². The Morgan fingerprint density at radius 1 is 1.19 bits per heavy atom. The Morgan fingerprint density at radius 2 is 1.78 bits per heavy atom. The Morgan fingerprint density at radius 3 is 2.26 bits per heavy atom. The lowest BCUT2D eigenvalue weighted by Gasteiger charge is -2.42. The first-order chi connectivity index (χ1) is 12.7. The first-order valence-corrected chi connectivity index (χ1v) is 10.8. The van der Waals surface area contributed by atoms with Gasteiger partial charge in [-0.05, 0) is 64.0 Å². The average molecular weight is 393 g/mol. The summed E-state index contributed by atoms with van der Waals surface area (Å²) in [5, 5.41) is 3.24. The number of likely N-dealkylation sites (tertiary alicyclic amines) is 1. The first-order valence-electron chi connectivity index (χ1n) is 9.58. The number of rotatable bonds is 5. The first kappa shape index (κ1) is 21.6. The van der Waals surface area contributed by atoms with Crippen LogP contribution in [0.25, 0.3) is 0 Å². The van der Waals surface area contributed by atoms with Crippen LogP contribution in [-0.2, 0) is 16.0 Å². The molecule has 1 N–H and O–H groups in total. The van der Waals surface area contributed by atoms with Gasteiger partial charge in [-0.25, -0.2) is 4.79 Å². The summed E-state index contributed by atoms with van der Waals surface area (Å²) in [5.74, 6) is 0.0412. The number of ether oxygens (including phenoxy) is 1. The van der Waals surface area contributed by atoms with Crippen molar-refractivity contribution in [1.82, 2.24) is 10.2 Å². The van der Waals surface area contributed by atoms with Crippen LogP contribution in [-0.4, -0.2) is 47.4 Å². The minimum atomic E-state index is -0.490. The van der Waals surface area contributed by atoms with Gasteiger partial charge in [0.2, 0.25) is 5.91 Å². The highest BCUT2D eigenvalue weighted by molar-refractivity contribution is 7.98. The molecule has 1 aliphatic heterocycles. The van der Waals surface area contributed by atoms with Crippen molar-refractivity contribution in [3.05, 3.63) is 29.8 Å². The Balaban J connectivity index is 1.90. The van der Waals surface area contributed by atoms with Crippen LogP contribution < -0.4 is 5.32 Å². The van der Waals surface area contributed by atoms with E-state index in [1.807, 2.05) is 51.3 Å². The van der Waals surface area contributed by atoms with Gasteiger partial charge in [-0.1, -0.05) is 19.1 Å². The van der Waals surface area contributed by atoms with Gasteiger partial charge in [-0.15, -0.1) is 11.8 Å². The number of piperidine rings is 1. The maximum atomic E-state index is 12.6. The second kappa shape index (κ2) is 9.00. The van der Waals surface area contributed by atoms with Crippen molar-refractivity contribution in [2.24, 2.45) is 0 Å². The molecule has 6 heteroatoms. The molecule has 0 spiro atoms. The van der Waals surface area contributed by atoms with E-state index in [1.54, 1.807) is 16.7 Å². The molecule has 1 heterocycles. The van der Waals surface area contributed by atoms with Gasteiger partial charge in [0, 0.05) is 23.5 Å². The zero-order valence-corrected chi connectivity index (χ0v) is 17.9. The van der Waals surface area contributed by atoms with Crippen molar-refractivity contribution in [1.29, 1.82) is 0 Å². The lowest BCUT2D eigenvalue weighted by atomic mass is 9.84. The highest BCUT2D eigenvalue weighted by Crippen LogP contribution is 2.27. The summed E-state index contributed by atoms with van der Waals surface area (Å²) in [6.45, 7) is 8.92. The average Bonchev–Trinajstić information content (AvgIpc) is 2.61. The standard InChI is InChI=1S/C21H32N2O3S/c1-6-21(11-13-23(14-12-21)19(25)26-20(2,3)4)22-18(24)15-16-7-9-17(27-5)10-8-16/h7-10H,6,11-15H2,1-5H3,(H,22,24). The lowest BCUT2D eigenvalue weighted by molar-refractivity contribution is -0.123. The van der Waals surface area contributed by atoms with Gasteiger partial charge in [0.15, 0.2) is 0 Å². The Kier molecular flexibility index (Phi) is 7.20. The predicted molar refractivity (Wildman–Crippen MR) is 110 cm³/mol. The molecule has 150 valence electrons. The topological polar surface area (TPSA) is 58.6 Å². The number of carbonyl (C=O) groups excluding carboxylic acids is 2. The normalized spacial score (nSPS) is 16.7. The van der Waals surface area contributed by atoms with E-state index in [-0.39, 0.29) is 17.5 Å². The van der Waals surface area contributed by atoms with E-state index in [9.17, 15) is 9.59 Å². The smallest absolute Gasteiger partial charge is 0.410 e. The second-order valence-corrected chi connectivity index (χ2v) is 9.05. The van der Waals surface area contributed by atoms with Crippen LogP contribution in [0.2, 0.25) is 0 Å². The lowest BCUT2D eigenvalue weighted by Crippen LogP contribution is -2.56. The molecule has 2 rings (SSSR count). The van der Waals surface area contributed by atoms with Crippen molar-refractivity contribution in [3.8, 4) is 0 Å². The van der Waals surface area contributed by atoms with Crippen molar-refractivity contribution in [2.45, 2.75) is 69.4 Å². The van der Waals surface area contributed by atoms with E-state index in [4.69, 9.17) is 4.74 Å². The molecule has 27 heavy (non-hydrogen) atoms. The highest BCUT2D eigenvalue weighted by Gasteiger charge is 2.36. The van der Waals surface area contributed by atoms with E-state index in [0.29, 0.717) is 19.5 Å². The molecule has 1 aromatic carbocycles. The van der Waals surface area contributed by atoms with Crippen molar-refractivity contribution < 1.29 is 14.3 Å². The monoisotopic (exact) mass is 392 g/mol. The molecule has 1 aliphatic rings. The molecule has 0 saturated carbocycles. The highest BCUT2D eigenvalue weighted by atomic mass is 32.2. The van der Waals surface area contributed by atoms with Gasteiger partial charge in [0.1, 0.15) is 5.60 Å². The SMILES string of the molecule is CCC1(NC(=O)Cc2ccc(SC)cc2)CCN(C(=O)OC(C)(C)C)CC1. The minimum Gasteiger partial charge on any atom is -0.444 e. The summed E-state index contributed by atoms with van der Waals surface area (Å²) in [6, 6.07) is 8.11. The van der Waals surface area contributed by atoms with Crippen LogP contribution in [0.15, 0.2) is 29.2 Å². The largest absolute Gasteiger partial charge is 0.444 e. The summed E-state index contributed by atoms with van der Waals surface area (Å²) < 4.78 is 5.46. The zero-order chi connectivity index (χ0) is 20.1. The molecular formula is C21H32N2O3S. The van der Waals surface area contributed by atoms with E-state index in [2.05, 4.69) is 12.2 Å². The van der Waals surface area contributed by atoms with Crippen molar-refractivity contribution in [2.75, 3.05) is 19.3 Å². The number of thioether (sulfide) groups is 1. The number of nitrogens with zero attached hydrogens (tertiary/aromatic N) is 1. The fourth-order valence-electron chi connectivity index (χ4n) is 3.28. The number of benzene rings is 1. The third-order valence-electron chi connectivity index (χ3n) is 4.98. The molecule has 1 aromatic rings. The molecule has 0 unspecified atom stereocenters. The van der Waals surface area contributed by atoms with Gasteiger partial charge in [0.05, 0.1) is 6.42 Å². The predicted octanol–water partition coefficient (Wildman–Crippen LogP) is 4.25. The fourth-order valence-corrected chi connectivity index (χ4v) is 3.69. The van der Waals surface area contributed by atoms with Crippen LogP contribution in [0, 0.1) is 0 Å². The molecule has 5 nitrogen and oxygen atoms in total. The third kappa shape index (κ3) is 6.45. The Labute approximate surface area is 167 Å². The van der Waals surface area contributed by atoms with Gasteiger partial charge < -0.3 is 15.0 Å². The van der Waals surface area contributed by atoms with Gasteiger partial charge in [-0.2, -0.15) is 0 Å². The quantitative estimate of drug-likeness (QED) is 0.761. The van der Waals surface area contributed by atoms with E-state index in [0.717, 1.165) is 24.8 Å². The Hall–Kier alpha value is -1.69. The maximum absolute atomic E-state index is 12.6. The summed E-state index contributed by atoms with van der Waals surface area (Å²) in [5.41, 5.74) is 0.286. The summed E-state index contributed by atoms with van der Waals surface area (Å²) in [7, 11) is 0. The van der Waals surface area contributed by atoms with Gasteiger partial charge in [0.25, 0.3) is 0 Å². The van der Waals surface area contributed by atoms with E-state index in [1.165, 1.54) is 4.90 Å². The van der Waals surface area contributed by atoms with Crippen LogP contribution in [0.3, 0.4) is 0 Å². The molecule has 0 atom stereocenters.